The zero-order valence-electron chi connectivity index (χ0n) is 16.6. The van der Waals surface area contributed by atoms with Gasteiger partial charge in [-0.25, -0.2) is 0 Å². The lowest BCUT2D eigenvalue weighted by atomic mass is 9.62. The van der Waals surface area contributed by atoms with E-state index in [1.54, 1.807) is 0 Å². The van der Waals surface area contributed by atoms with Gasteiger partial charge in [-0.05, 0) is 37.3 Å². The fourth-order valence-electron chi connectivity index (χ4n) is 5.36. The first-order valence-electron chi connectivity index (χ1n) is 10.7. The van der Waals surface area contributed by atoms with E-state index in [2.05, 4.69) is 42.5 Å². The highest BCUT2D eigenvalue weighted by atomic mass is 16.5. The van der Waals surface area contributed by atoms with Gasteiger partial charge in [0.25, 0.3) is 0 Å². The van der Waals surface area contributed by atoms with E-state index in [0.29, 0.717) is 0 Å². The Labute approximate surface area is 172 Å². The fourth-order valence-corrected chi connectivity index (χ4v) is 5.36. The lowest BCUT2D eigenvalue weighted by molar-refractivity contribution is -0.0343. The summed E-state index contributed by atoms with van der Waals surface area (Å²) in [5.41, 5.74) is 2.68. The van der Waals surface area contributed by atoms with Crippen molar-refractivity contribution in [2.45, 2.75) is 43.6 Å². The number of para-hydroxylation sites is 1. The smallest absolute Gasteiger partial charge is 0.170 e. The van der Waals surface area contributed by atoms with Gasteiger partial charge in [0.05, 0.1) is 5.92 Å². The number of benzene rings is 3. The second-order valence-corrected chi connectivity index (χ2v) is 8.36. The van der Waals surface area contributed by atoms with Crippen LogP contribution in [0.1, 0.15) is 59.5 Å². The third kappa shape index (κ3) is 3.17. The van der Waals surface area contributed by atoms with Crippen LogP contribution in [-0.4, -0.2) is 11.4 Å². The van der Waals surface area contributed by atoms with Gasteiger partial charge < -0.3 is 4.74 Å². The summed E-state index contributed by atoms with van der Waals surface area (Å²) in [6.07, 6.45) is 5.32. The highest BCUT2D eigenvalue weighted by Gasteiger charge is 2.53. The van der Waals surface area contributed by atoms with Crippen LogP contribution in [0.3, 0.4) is 0 Å². The lowest BCUT2D eigenvalue weighted by Gasteiger charge is -2.50. The summed E-state index contributed by atoms with van der Waals surface area (Å²) in [5, 5.41) is 0. The Balaban J connectivity index is 1.72. The maximum Gasteiger partial charge on any atom is 0.170 e. The minimum atomic E-state index is -0.431. The summed E-state index contributed by atoms with van der Waals surface area (Å²) in [6, 6.07) is 28.6. The molecule has 1 spiro atoms. The summed E-state index contributed by atoms with van der Waals surface area (Å²) in [4.78, 5) is 14.0. The molecular weight excluding hydrogens is 356 g/mol. The topological polar surface area (TPSA) is 26.3 Å². The molecule has 3 aromatic carbocycles. The van der Waals surface area contributed by atoms with Crippen molar-refractivity contribution in [1.29, 1.82) is 0 Å². The average molecular weight is 383 g/mol. The van der Waals surface area contributed by atoms with E-state index in [9.17, 15) is 4.79 Å². The molecule has 2 nitrogen and oxygen atoms in total. The standard InChI is InChI=1S/C27H26O2/c28-26(21-14-6-2-7-15-21)25-24(20-12-4-1-5-13-20)22-16-8-9-17-23(22)29-27(25)18-10-3-11-19-27/h1-2,4-9,12-17,24-25H,3,10-11,18-19H2. The molecule has 2 atom stereocenters. The number of Topliss-reactive ketones (excluding diaryl/α,β-unsaturated/α-hetero) is 1. The van der Waals surface area contributed by atoms with Crippen molar-refractivity contribution in [2.24, 2.45) is 5.92 Å². The summed E-state index contributed by atoms with van der Waals surface area (Å²) < 4.78 is 6.75. The Morgan fingerprint density at radius 1 is 0.759 bits per heavy atom. The van der Waals surface area contributed by atoms with Crippen LogP contribution in [0, 0.1) is 5.92 Å². The van der Waals surface area contributed by atoms with Gasteiger partial charge in [-0.3, -0.25) is 4.79 Å². The molecule has 0 amide bonds. The van der Waals surface area contributed by atoms with E-state index in [-0.39, 0.29) is 17.6 Å². The van der Waals surface area contributed by atoms with Crippen LogP contribution in [0.15, 0.2) is 84.9 Å². The van der Waals surface area contributed by atoms with Crippen LogP contribution in [0.2, 0.25) is 0 Å². The van der Waals surface area contributed by atoms with Crippen molar-refractivity contribution in [1.82, 2.24) is 0 Å². The minimum Gasteiger partial charge on any atom is -0.486 e. The second-order valence-electron chi connectivity index (χ2n) is 8.36. The van der Waals surface area contributed by atoms with E-state index in [4.69, 9.17) is 4.74 Å². The number of ether oxygens (including phenoxy) is 1. The Morgan fingerprint density at radius 2 is 1.38 bits per heavy atom. The van der Waals surface area contributed by atoms with Gasteiger partial charge in [0.1, 0.15) is 11.4 Å². The number of fused-ring (bicyclic) bond motifs is 1. The van der Waals surface area contributed by atoms with Crippen molar-refractivity contribution in [2.75, 3.05) is 0 Å². The van der Waals surface area contributed by atoms with Gasteiger partial charge in [-0.15, -0.1) is 0 Å². The van der Waals surface area contributed by atoms with Crippen LogP contribution < -0.4 is 4.74 Å². The van der Waals surface area contributed by atoms with E-state index in [0.717, 1.165) is 42.6 Å². The maximum absolute atomic E-state index is 14.0. The van der Waals surface area contributed by atoms with Gasteiger partial charge in [0.2, 0.25) is 0 Å². The van der Waals surface area contributed by atoms with Crippen molar-refractivity contribution in [3.8, 4) is 5.75 Å². The molecule has 1 heterocycles. The molecule has 1 saturated carbocycles. The predicted molar refractivity (Wildman–Crippen MR) is 115 cm³/mol. The van der Waals surface area contributed by atoms with E-state index >= 15 is 0 Å². The third-order valence-corrected chi connectivity index (χ3v) is 6.67. The Bertz CT molecular complexity index is 987. The van der Waals surface area contributed by atoms with Gasteiger partial charge in [0, 0.05) is 17.0 Å². The molecule has 146 valence electrons. The highest BCUT2D eigenvalue weighted by molar-refractivity contribution is 6.00. The number of carbonyl (C=O) groups excluding carboxylic acids is 1. The van der Waals surface area contributed by atoms with Gasteiger partial charge in [-0.1, -0.05) is 85.3 Å². The predicted octanol–water partition coefficient (Wildman–Crippen LogP) is 6.41. The maximum atomic E-state index is 14.0. The van der Waals surface area contributed by atoms with Crippen molar-refractivity contribution in [3.05, 3.63) is 102 Å². The Hall–Kier alpha value is -2.87. The molecule has 2 unspecified atom stereocenters. The molecule has 0 aromatic heterocycles. The van der Waals surface area contributed by atoms with Gasteiger partial charge >= 0.3 is 0 Å². The lowest BCUT2D eigenvalue weighted by Crippen LogP contribution is -2.54. The molecule has 2 aliphatic rings. The molecule has 1 aliphatic carbocycles. The molecule has 0 bridgehead atoms. The second kappa shape index (κ2) is 7.51. The first kappa shape index (κ1) is 18.2. The molecule has 0 N–H and O–H groups in total. The summed E-state index contributed by atoms with van der Waals surface area (Å²) in [7, 11) is 0. The quantitative estimate of drug-likeness (QED) is 0.489. The number of hydrogen-bond donors (Lipinski definition) is 0. The monoisotopic (exact) mass is 382 g/mol. The number of carbonyl (C=O) groups is 1. The van der Waals surface area contributed by atoms with Crippen molar-refractivity contribution < 1.29 is 9.53 Å². The molecule has 0 radical (unpaired) electrons. The number of hydrogen-bond acceptors (Lipinski definition) is 2. The van der Waals surface area contributed by atoms with Crippen LogP contribution >= 0.6 is 0 Å². The zero-order valence-corrected chi connectivity index (χ0v) is 16.6. The molecule has 1 aliphatic heterocycles. The molecule has 0 saturated heterocycles. The summed E-state index contributed by atoms with van der Waals surface area (Å²) in [5.74, 6) is 0.936. The molecular formula is C27H26O2. The first-order chi connectivity index (χ1) is 14.3. The third-order valence-electron chi connectivity index (χ3n) is 6.67. The zero-order chi connectivity index (χ0) is 19.7. The van der Waals surface area contributed by atoms with E-state index < -0.39 is 5.60 Å². The minimum absolute atomic E-state index is 0.00644. The normalized spacial score (nSPS) is 22.5. The molecule has 29 heavy (non-hydrogen) atoms. The molecule has 2 heteroatoms. The fraction of sp³-hybridized carbons (Fsp3) is 0.296. The molecule has 3 aromatic rings. The van der Waals surface area contributed by atoms with Crippen LogP contribution in [0.25, 0.3) is 0 Å². The molecule has 5 rings (SSSR count). The van der Waals surface area contributed by atoms with Crippen molar-refractivity contribution >= 4 is 5.78 Å². The van der Waals surface area contributed by atoms with Crippen LogP contribution in [0.5, 0.6) is 5.75 Å². The van der Waals surface area contributed by atoms with Gasteiger partial charge in [-0.2, -0.15) is 0 Å². The SMILES string of the molecule is O=C(c1ccccc1)C1C(c2ccccc2)c2ccccc2OC12CCCCC2. The highest BCUT2D eigenvalue weighted by Crippen LogP contribution is 2.53. The first-order valence-corrected chi connectivity index (χ1v) is 10.7. The molecule has 1 fully saturated rings. The van der Waals surface area contributed by atoms with E-state index in [1.165, 1.54) is 12.0 Å². The number of ketones is 1. The summed E-state index contributed by atoms with van der Waals surface area (Å²) in [6.45, 7) is 0. The van der Waals surface area contributed by atoms with Crippen molar-refractivity contribution in [3.63, 3.8) is 0 Å². The number of rotatable bonds is 3. The average Bonchev–Trinajstić information content (AvgIpc) is 2.79. The Kier molecular flexibility index (Phi) is 4.71. The summed E-state index contributed by atoms with van der Waals surface area (Å²) >= 11 is 0. The van der Waals surface area contributed by atoms with Crippen LogP contribution in [-0.2, 0) is 0 Å². The van der Waals surface area contributed by atoms with Crippen LogP contribution in [0.4, 0.5) is 0 Å². The largest absolute Gasteiger partial charge is 0.486 e. The van der Waals surface area contributed by atoms with Gasteiger partial charge in [0.15, 0.2) is 5.78 Å². The van der Waals surface area contributed by atoms with E-state index in [1.807, 2.05) is 42.5 Å². The Morgan fingerprint density at radius 3 is 2.10 bits per heavy atom.